The molecule has 0 unspecified atom stereocenters. The maximum Gasteiger partial charge on any atom is 0.289 e. The lowest BCUT2D eigenvalue weighted by Crippen LogP contribution is -2.00. The summed E-state index contributed by atoms with van der Waals surface area (Å²) in [4.78, 5) is 10.3. The first-order chi connectivity index (χ1) is 9.06. The second-order valence-corrected chi connectivity index (χ2v) is 4.75. The highest BCUT2D eigenvalue weighted by molar-refractivity contribution is 6.32. The summed E-state index contributed by atoms with van der Waals surface area (Å²) in [5.74, 6) is 0. The van der Waals surface area contributed by atoms with Crippen molar-refractivity contribution < 1.29 is 4.92 Å². The van der Waals surface area contributed by atoms with Crippen LogP contribution in [-0.4, -0.2) is 4.92 Å². The summed E-state index contributed by atoms with van der Waals surface area (Å²) in [6, 6.07) is 12.0. The van der Waals surface area contributed by atoms with Crippen molar-refractivity contribution in [3.8, 4) is 0 Å². The Kier molecular flexibility index (Phi) is 4.24. The summed E-state index contributed by atoms with van der Waals surface area (Å²) >= 11 is 11.6. The van der Waals surface area contributed by atoms with Gasteiger partial charge in [-0.1, -0.05) is 35.3 Å². The SMILES string of the molecule is O=[N+]([O-])c1cc(NCc2cccc(Cl)c2)ccc1Cl. The van der Waals surface area contributed by atoms with Gasteiger partial charge in [0, 0.05) is 23.3 Å². The predicted molar refractivity (Wildman–Crippen MR) is 76.9 cm³/mol. The Morgan fingerprint density at radius 1 is 1.16 bits per heavy atom. The van der Waals surface area contributed by atoms with Crippen LogP contribution in [0.15, 0.2) is 42.5 Å². The van der Waals surface area contributed by atoms with E-state index in [1.807, 2.05) is 18.2 Å². The van der Waals surface area contributed by atoms with E-state index in [0.29, 0.717) is 17.3 Å². The third-order valence-corrected chi connectivity index (χ3v) is 3.08. The number of benzene rings is 2. The number of nitro groups is 1. The Morgan fingerprint density at radius 2 is 1.95 bits per heavy atom. The summed E-state index contributed by atoms with van der Waals surface area (Å²) in [6.07, 6.45) is 0. The Morgan fingerprint density at radius 3 is 2.63 bits per heavy atom. The molecule has 0 aliphatic rings. The fourth-order valence-corrected chi connectivity index (χ4v) is 2.01. The minimum absolute atomic E-state index is 0.113. The van der Waals surface area contributed by atoms with Crippen LogP contribution < -0.4 is 5.32 Å². The lowest BCUT2D eigenvalue weighted by molar-refractivity contribution is -0.384. The molecule has 2 rings (SSSR count). The van der Waals surface area contributed by atoms with Gasteiger partial charge in [-0.15, -0.1) is 0 Å². The molecule has 0 aromatic heterocycles. The first-order valence-corrected chi connectivity index (χ1v) is 6.24. The molecule has 0 bridgehead atoms. The Bertz CT molecular complexity index is 617. The molecule has 19 heavy (non-hydrogen) atoms. The largest absolute Gasteiger partial charge is 0.381 e. The smallest absolute Gasteiger partial charge is 0.289 e. The zero-order chi connectivity index (χ0) is 13.8. The van der Waals surface area contributed by atoms with Gasteiger partial charge in [-0.05, 0) is 29.8 Å². The molecule has 0 radical (unpaired) electrons. The monoisotopic (exact) mass is 296 g/mol. The maximum atomic E-state index is 10.8. The molecule has 0 heterocycles. The molecular weight excluding hydrogens is 287 g/mol. The highest BCUT2D eigenvalue weighted by Crippen LogP contribution is 2.27. The van der Waals surface area contributed by atoms with Crippen molar-refractivity contribution in [1.82, 2.24) is 0 Å². The standard InChI is InChI=1S/C13H10Cl2N2O2/c14-10-3-1-2-9(6-10)8-16-11-4-5-12(15)13(7-11)17(18)19/h1-7,16H,8H2. The van der Waals surface area contributed by atoms with E-state index in [9.17, 15) is 10.1 Å². The minimum atomic E-state index is -0.507. The van der Waals surface area contributed by atoms with Gasteiger partial charge in [0.2, 0.25) is 0 Å². The molecule has 2 aromatic rings. The van der Waals surface area contributed by atoms with Crippen molar-refractivity contribution in [2.45, 2.75) is 6.54 Å². The highest BCUT2D eigenvalue weighted by Gasteiger charge is 2.12. The van der Waals surface area contributed by atoms with Gasteiger partial charge in [-0.3, -0.25) is 10.1 Å². The second-order valence-electron chi connectivity index (χ2n) is 3.91. The van der Waals surface area contributed by atoms with Crippen LogP contribution in [-0.2, 0) is 6.54 Å². The number of nitrogens with one attached hydrogen (secondary N) is 1. The van der Waals surface area contributed by atoms with Crippen LogP contribution in [0.4, 0.5) is 11.4 Å². The zero-order valence-corrected chi connectivity index (χ0v) is 11.3. The number of anilines is 1. The molecule has 2 aromatic carbocycles. The molecule has 0 amide bonds. The molecule has 0 saturated carbocycles. The van der Waals surface area contributed by atoms with Gasteiger partial charge < -0.3 is 5.32 Å². The van der Waals surface area contributed by atoms with Crippen molar-refractivity contribution >= 4 is 34.6 Å². The Labute approximate surface area is 120 Å². The lowest BCUT2D eigenvalue weighted by atomic mass is 10.2. The van der Waals surface area contributed by atoms with Crippen molar-refractivity contribution in [3.05, 3.63) is 68.2 Å². The van der Waals surface area contributed by atoms with E-state index in [0.717, 1.165) is 5.56 Å². The molecule has 0 spiro atoms. The van der Waals surface area contributed by atoms with Crippen LogP contribution in [0.1, 0.15) is 5.56 Å². The van der Waals surface area contributed by atoms with Crippen LogP contribution in [0.3, 0.4) is 0 Å². The van der Waals surface area contributed by atoms with Crippen molar-refractivity contribution in [3.63, 3.8) is 0 Å². The molecule has 1 N–H and O–H groups in total. The lowest BCUT2D eigenvalue weighted by Gasteiger charge is -2.07. The number of hydrogen-bond donors (Lipinski definition) is 1. The summed E-state index contributed by atoms with van der Waals surface area (Å²) < 4.78 is 0. The second kappa shape index (κ2) is 5.91. The Hall–Kier alpha value is -1.78. The molecule has 0 saturated heterocycles. The van der Waals surface area contributed by atoms with Crippen LogP contribution in [0, 0.1) is 10.1 Å². The van der Waals surface area contributed by atoms with Gasteiger partial charge in [-0.2, -0.15) is 0 Å². The van der Waals surface area contributed by atoms with Crippen molar-refractivity contribution in [1.29, 1.82) is 0 Å². The number of nitrogens with zero attached hydrogens (tertiary/aromatic N) is 1. The summed E-state index contributed by atoms with van der Waals surface area (Å²) in [5.41, 5.74) is 1.51. The van der Waals surface area contributed by atoms with E-state index >= 15 is 0 Å². The number of halogens is 2. The minimum Gasteiger partial charge on any atom is -0.381 e. The van der Waals surface area contributed by atoms with E-state index in [1.54, 1.807) is 12.1 Å². The van der Waals surface area contributed by atoms with Crippen LogP contribution in [0.5, 0.6) is 0 Å². The van der Waals surface area contributed by atoms with Gasteiger partial charge >= 0.3 is 0 Å². The first kappa shape index (κ1) is 13.6. The van der Waals surface area contributed by atoms with Gasteiger partial charge in [-0.25, -0.2) is 0 Å². The van der Waals surface area contributed by atoms with Crippen LogP contribution >= 0.6 is 23.2 Å². The molecule has 0 aliphatic carbocycles. The average molecular weight is 297 g/mol. The quantitative estimate of drug-likeness (QED) is 0.667. The summed E-state index contributed by atoms with van der Waals surface area (Å²) in [6.45, 7) is 0.527. The molecule has 98 valence electrons. The van der Waals surface area contributed by atoms with Crippen LogP contribution in [0.25, 0.3) is 0 Å². The number of rotatable bonds is 4. The maximum absolute atomic E-state index is 10.8. The third-order valence-electron chi connectivity index (χ3n) is 2.53. The fourth-order valence-electron chi connectivity index (χ4n) is 1.61. The van der Waals surface area contributed by atoms with Crippen LogP contribution in [0.2, 0.25) is 10.0 Å². The predicted octanol–water partition coefficient (Wildman–Crippen LogP) is 4.51. The number of hydrogen-bond acceptors (Lipinski definition) is 3. The zero-order valence-electron chi connectivity index (χ0n) is 9.77. The normalized spacial score (nSPS) is 10.2. The first-order valence-electron chi connectivity index (χ1n) is 5.48. The molecule has 0 fully saturated rings. The van der Waals surface area contributed by atoms with E-state index in [-0.39, 0.29) is 10.7 Å². The molecule has 0 aliphatic heterocycles. The third kappa shape index (κ3) is 3.59. The molecule has 0 atom stereocenters. The van der Waals surface area contributed by atoms with Gasteiger partial charge in [0.25, 0.3) is 5.69 Å². The van der Waals surface area contributed by atoms with Crippen molar-refractivity contribution in [2.75, 3.05) is 5.32 Å². The van der Waals surface area contributed by atoms with E-state index in [2.05, 4.69) is 5.32 Å². The van der Waals surface area contributed by atoms with Gasteiger partial charge in [0.05, 0.1) is 4.92 Å². The number of nitro benzene ring substituents is 1. The molecule has 6 heteroatoms. The van der Waals surface area contributed by atoms with E-state index < -0.39 is 4.92 Å². The fraction of sp³-hybridized carbons (Fsp3) is 0.0769. The van der Waals surface area contributed by atoms with Gasteiger partial charge in [0.15, 0.2) is 0 Å². The van der Waals surface area contributed by atoms with Crippen molar-refractivity contribution in [2.24, 2.45) is 0 Å². The summed E-state index contributed by atoms with van der Waals surface area (Å²) in [7, 11) is 0. The topological polar surface area (TPSA) is 55.2 Å². The highest BCUT2D eigenvalue weighted by atomic mass is 35.5. The summed E-state index contributed by atoms with van der Waals surface area (Å²) in [5, 5.41) is 14.6. The van der Waals surface area contributed by atoms with Gasteiger partial charge in [0.1, 0.15) is 5.02 Å². The molecule has 4 nitrogen and oxygen atoms in total. The van der Waals surface area contributed by atoms with E-state index in [1.165, 1.54) is 12.1 Å². The van der Waals surface area contributed by atoms with E-state index in [4.69, 9.17) is 23.2 Å². The molecular formula is C13H10Cl2N2O2. The average Bonchev–Trinajstić information content (AvgIpc) is 2.37. The Balaban J connectivity index is 2.12.